The van der Waals surface area contributed by atoms with Crippen LogP contribution >= 0.6 is 0 Å². The molecule has 4 aromatic rings. The van der Waals surface area contributed by atoms with Gasteiger partial charge in [-0.3, -0.25) is 0 Å². The van der Waals surface area contributed by atoms with Crippen LogP contribution in [-0.2, 0) is 0 Å². The van der Waals surface area contributed by atoms with E-state index in [4.69, 9.17) is 4.74 Å². The Kier molecular flexibility index (Phi) is 1.52. The van der Waals surface area contributed by atoms with Crippen molar-refractivity contribution in [1.82, 2.24) is 0 Å². The lowest BCUT2D eigenvalue weighted by Gasteiger charge is -2.00. The van der Waals surface area contributed by atoms with Gasteiger partial charge in [-0.1, -0.05) is 54.6 Å². The number of hydrogen-bond acceptors (Lipinski definition) is 1. The fraction of sp³-hybridized carbons (Fsp3) is 0. The Morgan fingerprint density at radius 3 is 2.32 bits per heavy atom. The Bertz CT molecular complexity index is 983. The van der Waals surface area contributed by atoms with Gasteiger partial charge in [-0.15, -0.1) is 0 Å². The maximum absolute atomic E-state index is 5.64. The second-order valence-electron chi connectivity index (χ2n) is 5.04. The van der Waals surface area contributed by atoms with Crippen molar-refractivity contribution in [3.05, 3.63) is 60.7 Å². The Labute approximate surface area is 110 Å². The van der Waals surface area contributed by atoms with Gasteiger partial charge in [0, 0.05) is 5.39 Å². The predicted octanol–water partition coefficient (Wildman–Crippen LogP) is 5.25. The fourth-order valence-electron chi connectivity index (χ4n) is 3.04. The minimum Gasteiger partial charge on any atom is -0.449 e. The Morgan fingerprint density at radius 1 is 0.579 bits per heavy atom. The van der Waals surface area contributed by atoms with E-state index in [9.17, 15) is 0 Å². The van der Waals surface area contributed by atoms with Crippen molar-refractivity contribution in [2.45, 2.75) is 0 Å². The Hall–Kier alpha value is -2.54. The van der Waals surface area contributed by atoms with E-state index in [0.29, 0.717) is 0 Å². The van der Waals surface area contributed by atoms with E-state index in [2.05, 4.69) is 60.7 Å². The Morgan fingerprint density at radius 2 is 1.37 bits per heavy atom. The third-order valence-electron chi connectivity index (χ3n) is 3.99. The van der Waals surface area contributed by atoms with E-state index in [1.165, 1.54) is 32.3 Å². The van der Waals surface area contributed by atoms with E-state index in [1.807, 2.05) is 0 Å². The van der Waals surface area contributed by atoms with Crippen molar-refractivity contribution >= 4 is 32.3 Å². The van der Waals surface area contributed by atoms with Gasteiger partial charge in [0.1, 0.15) is 0 Å². The minimum absolute atomic E-state index is 1.01. The third-order valence-corrected chi connectivity index (χ3v) is 3.99. The smallest absolute Gasteiger partial charge is 0.178 e. The summed E-state index contributed by atoms with van der Waals surface area (Å²) in [5.41, 5.74) is 0. The van der Waals surface area contributed by atoms with Crippen LogP contribution < -0.4 is 4.74 Å². The van der Waals surface area contributed by atoms with Gasteiger partial charge >= 0.3 is 0 Å². The first kappa shape index (κ1) is 9.40. The van der Waals surface area contributed by atoms with E-state index in [1.54, 1.807) is 0 Å². The highest BCUT2D eigenvalue weighted by molar-refractivity contribution is 6.19. The van der Waals surface area contributed by atoms with Gasteiger partial charge in [0.2, 0.25) is 0 Å². The lowest BCUT2D eigenvalue weighted by molar-refractivity contribution is 0.653. The molecule has 0 aromatic heterocycles. The molecule has 1 aliphatic rings. The van der Waals surface area contributed by atoms with Crippen LogP contribution in [0.15, 0.2) is 60.7 Å². The van der Waals surface area contributed by atoms with Crippen molar-refractivity contribution < 1.29 is 4.74 Å². The van der Waals surface area contributed by atoms with Crippen LogP contribution in [0.2, 0.25) is 0 Å². The molecular weight excluding hydrogens is 232 g/mol. The predicted molar refractivity (Wildman–Crippen MR) is 79.0 cm³/mol. The molecule has 88 valence electrons. The lowest BCUT2D eigenvalue weighted by Crippen LogP contribution is -1.74. The molecule has 1 heterocycles. The highest BCUT2D eigenvalue weighted by Gasteiger charge is 2.23. The molecule has 1 heteroatoms. The van der Waals surface area contributed by atoms with Gasteiger partial charge in [0.15, 0.2) is 11.5 Å². The molecule has 0 atom stereocenters. The Balaban J connectivity index is 2.18. The van der Waals surface area contributed by atoms with Gasteiger partial charge in [0.05, 0.1) is 0 Å². The zero-order valence-electron chi connectivity index (χ0n) is 10.2. The van der Waals surface area contributed by atoms with Crippen LogP contribution in [0.3, 0.4) is 0 Å². The lowest BCUT2D eigenvalue weighted by atomic mass is 10.0. The summed E-state index contributed by atoms with van der Waals surface area (Å²) in [4.78, 5) is 0. The molecule has 1 aliphatic heterocycles. The average Bonchev–Trinajstić information content (AvgIpc) is 3.06. The summed E-state index contributed by atoms with van der Waals surface area (Å²) in [5.74, 6) is 2.05. The number of rotatable bonds is 0. The fourth-order valence-corrected chi connectivity index (χ4v) is 3.04. The van der Waals surface area contributed by atoms with E-state index >= 15 is 0 Å². The first-order chi connectivity index (χ1) is 9.42. The minimum atomic E-state index is 1.01. The topological polar surface area (TPSA) is 12.5 Å². The molecule has 0 radical (unpaired) electrons. The van der Waals surface area contributed by atoms with Gasteiger partial charge in [-0.2, -0.15) is 0 Å². The SMILES string of the molecule is c1ccc2c(c1)c1c(cc3c4cccc4ccc23)O1. The van der Waals surface area contributed by atoms with Gasteiger partial charge in [0.25, 0.3) is 0 Å². The van der Waals surface area contributed by atoms with E-state index in [0.717, 1.165) is 11.5 Å². The summed E-state index contributed by atoms with van der Waals surface area (Å²) < 4.78 is 5.64. The van der Waals surface area contributed by atoms with Gasteiger partial charge in [-0.25, -0.2) is 0 Å². The number of ether oxygens (including phenoxy) is 1. The molecule has 0 spiro atoms. The average molecular weight is 242 g/mol. The molecule has 0 aliphatic carbocycles. The maximum atomic E-state index is 5.64. The summed E-state index contributed by atoms with van der Waals surface area (Å²) in [5, 5.41) is 7.63. The molecule has 0 N–H and O–H groups in total. The van der Waals surface area contributed by atoms with Crippen LogP contribution in [0.5, 0.6) is 11.5 Å². The van der Waals surface area contributed by atoms with Crippen LogP contribution in [0, 0.1) is 0 Å². The van der Waals surface area contributed by atoms with E-state index in [-0.39, 0.29) is 0 Å². The number of benzene rings is 2. The largest absolute Gasteiger partial charge is 0.449 e. The standard InChI is InChI=1S/C18H10O/c1-2-6-15-13(5-1)14-9-8-11-4-3-7-12(11)16(14)10-17-18(15)19-17/h1-10H. The number of hydrogen-bond donors (Lipinski definition) is 0. The second kappa shape index (κ2) is 3.07. The normalized spacial score (nSPS) is 12.6. The maximum Gasteiger partial charge on any atom is 0.178 e. The van der Waals surface area contributed by atoms with Gasteiger partial charge < -0.3 is 4.74 Å². The van der Waals surface area contributed by atoms with Crippen molar-refractivity contribution in [1.29, 1.82) is 0 Å². The molecule has 0 bridgehead atoms. The summed E-state index contributed by atoms with van der Waals surface area (Å²) in [6, 6.07) is 21.5. The summed E-state index contributed by atoms with van der Waals surface area (Å²) >= 11 is 0. The molecule has 0 unspecified atom stereocenters. The van der Waals surface area contributed by atoms with E-state index < -0.39 is 0 Å². The van der Waals surface area contributed by atoms with Crippen molar-refractivity contribution in [2.75, 3.05) is 0 Å². The quantitative estimate of drug-likeness (QED) is 0.338. The first-order valence-electron chi connectivity index (χ1n) is 6.47. The number of fused-ring (bicyclic) bond motifs is 7. The molecule has 0 saturated carbocycles. The summed E-state index contributed by atoms with van der Waals surface area (Å²) in [7, 11) is 0. The van der Waals surface area contributed by atoms with Crippen LogP contribution in [0.25, 0.3) is 32.3 Å². The summed E-state index contributed by atoms with van der Waals surface area (Å²) in [6.45, 7) is 0. The molecule has 4 aromatic carbocycles. The van der Waals surface area contributed by atoms with Crippen molar-refractivity contribution in [3.63, 3.8) is 0 Å². The molecular formula is C18H10O. The van der Waals surface area contributed by atoms with Crippen LogP contribution in [0.1, 0.15) is 0 Å². The molecule has 19 heavy (non-hydrogen) atoms. The molecule has 0 amide bonds. The molecule has 0 fully saturated rings. The zero-order chi connectivity index (χ0) is 12.4. The first-order valence-corrected chi connectivity index (χ1v) is 6.47. The summed E-state index contributed by atoms with van der Waals surface area (Å²) in [6.07, 6.45) is 0. The highest BCUT2D eigenvalue weighted by Crippen LogP contribution is 2.51. The second-order valence-corrected chi connectivity index (χ2v) is 5.04. The highest BCUT2D eigenvalue weighted by atomic mass is 16.6. The van der Waals surface area contributed by atoms with Crippen LogP contribution in [0.4, 0.5) is 0 Å². The molecule has 1 nitrogen and oxygen atoms in total. The zero-order valence-corrected chi connectivity index (χ0v) is 10.2. The monoisotopic (exact) mass is 242 g/mol. The van der Waals surface area contributed by atoms with Gasteiger partial charge in [-0.05, 0) is 33.0 Å². The van der Waals surface area contributed by atoms with Crippen molar-refractivity contribution in [3.8, 4) is 11.5 Å². The third kappa shape index (κ3) is 1.14. The molecule has 5 rings (SSSR count). The van der Waals surface area contributed by atoms with Crippen molar-refractivity contribution in [2.24, 2.45) is 0 Å². The van der Waals surface area contributed by atoms with Crippen LogP contribution in [-0.4, -0.2) is 0 Å². The molecule has 0 saturated heterocycles.